The van der Waals surface area contributed by atoms with Crippen LogP contribution < -0.4 is 0 Å². The van der Waals surface area contributed by atoms with E-state index in [0.717, 1.165) is 71.8 Å². The number of aryl methyl sites for hydroxylation is 2. The van der Waals surface area contributed by atoms with Crippen LogP contribution in [-0.4, -0.2) is 63.0 Å². The minimum atomic E-state index is 0.157. The van der Waals surface area contributed by atoms with Gasteiger partial charge in [0, 0.05) is 49.2 Å². The van der Waals surface area contributed by atoms with E-state index in [9.17, 15) is 4.79 Å². The topological polar surface area (TPSA) is 67.4 Å². The number of nitrogens with zero attached hydrogens (tertiary/aromatic N) is 5. The average molecular weight is 450 g/mol. The van der Waals surface area contributed by atoms with Gasteiger partial charge in [-0.1, -0.05) is 17.3 Å². The van der Waals surface area contributed by atoms with Crippen molar-refractivity contribution >= 4 is 27.3 Å². The van der Waals surface area contributed by atoms with Crippen LogP contribution in [0.15, 0.2) is 40.9 Å². The number of benzene rings is 1. The molecule has 166 valence electrons. The number of piperazine rings is 1. The molecule has 0 atom stereocenters. The summed E-state index contributed by atoms with van der Waals surface area (Å²) in [7, 11) is 0. The van der Waals surface area contributed by atoms with Gasteiger partial charge in [-0.15, -0.1) is 11.3 Å². The fourth-order valence-corrected chi connectivity index (χ4v) is 5.44. The Balaban J connectivity index is 1.19. The molecule has 0 saturated carbocycles. The SMILES string of the molecule is Cc1cc(-n2c(C)cc(C(=O)CN3CCN(Cc4nc5ccccc5s4)CC3)c2C)no1. The molecule has 0 N–H and O–H groups in total. The molecule has 0 aliphatic carbocycles. The third-order valence-corrected chi connectivity index (χ3v) is 7.13. The summed E-state index contributed by atoms with van der Waals surface area (Å²) in [6.07, 6.45) is 0. The summed E-state index contributed by atoms with van der Waals surface area (Å²) in [5, 5.41) is 5.27. The first-order chi connectivity index (χ1) is 15.5. The first-order valence-corrected chi connectivity index (χ1v) is 11.7. The number of thiazole rings is 1. The lowest BCUT2D eigenvalue weighted by Gasteiger charge is -2.33. The largest absolute Gasteiger partial charge is 0.360 e. The number of rotatable bonds is 6. The molecule has 0 bridgehead atoms. The highest BCUT2D eigenvalue weighted by Crippen LogP contribution is 2.24. The van der Waals surface area contributed by atoms with Crippen LogP contribution in [0.25, 0.3) is 16.0 Å². The Morgan fingerprint density at radius 1 is 1.06 bits per heavy atom. The molecule has 1 saturated heterocycles. The molecule has 0 amide bonds. The summed E-state index contributed by atoms with van der Waals surface area (Å²) in [6.45, 7) is 10.8. The molecule has 7 nitrogen and oxygen atoms in total. The molecule has 5 rings (SSSR count). The second-order valence-electron chi connectivity index (χ2n) is 8.47. The number of carbonyl (C=O) groups is 1. The van der Waals surface area contributed by atoms with E-state index in [2.05, 4.69) is 33.2 Å². The minimum Gasteiger partial charge on any atom is -0.360 e. The number of fused-ring (bicyclic) bond motifs is 1. The lowest BCUT2D eigenvalue weighted by atomic mass is 10.1. The third kappa shape index (κ3) is 4.13. The van der Waals surface area contributed by atoms with Gasteiger partial charge in [-0.3, -0.25) is 19.2 Å². The van der Waals surface area contributed by atoms with Gasteiger partial charge in [-0.2, -0.15) is 0 Å². The van der Waals surface area contributed by atoms with Crippen molar-refractivity contribution in [3.63, 3.8) is 0 Å². The van der Waals surface area contributed by atoms with Gasteiger partial charge in [0.25, 0.3) is 0 Å². The molecule has 1 fully saturated rings. The van der Waals surface area contributed by atoms with Crippen LogP contribution in [0.5, 0.6) is 0 Å². The lowest BCUT2D eigenvalue weighted by Crippen LogP contribution is -2.47. The number of hydrogen-bond donors (Lipinski definition) is 0. The van der Waals surface area contributed by atoms with Gasteiger partial charge in [0.2, 0.25) is 0 Å². The Morgan fingerprint density at radius 2 is 1.81 bits per heavy atom. The number of carbonyl (C=O) groups excluding carboxylic acids is 1. The molecule has 1 aliphatic heterocycles. The Morgan fingerprint density at radius 3 is 2.53 bits per heavy atom. The first-order valence-electron chi connectivity index (χ1n) is 10.9. The maximum absolute atomic E-state index is 13.1. The number of Topliss-reactive ketones (excluding diaryl/α,β-unsaturated/α-hetero) is 1. The summed E-state index contributed by atoms with van der Waals surface area (Å²) in [6, 6.07) is 12.1. The van der Waals surface area contributed by atoms with Crippen molar-refractivity contribution in [3.05, 3.63) is 64.1 Å². The van der Waals surface area contributed by atoms with Crippen LogP contribution in [-0.2, 0) is 6.54 Å². The van der Waals surface area contributed by atoms with Gasteiger partial charge < -0.3 is 4.52 Å². The van der Waals surface area contributed by atoms with Crippen molar-refractivity contribution in [2.45, 2.75) is 27.3 Å². The van der Waals surface area contributed by atoms with Gasteiger partial charge in [-0.25, -0.2) is 4.98 Å². The number of ketones is 1. The van der Waals surface area contributed by atoms with Gasteiger partial charge in [-0.05, 0) is 39.0 Å². The second-order valence-corrected chi connectivity index (χ2v) is 9.58. The van der Waals surface area contributed by atoms with Crippen molar-refractivity contribution in [2.24, 2.45) is 0 Å². The quantitative estimate of drug-likeness (QED) is 0.415. The monoisotopic (exact) mass is 449 g/mol. The van der Waals surface area contributed by atoms with Crippen LogP contribution >= 0.6 is 11.3 Å². The molecular formula is C24H27N5O2S. The Kier molecular flexibility index (Phi) is 5.67. The summed E-state index contributed by atoms with van der Waals surface area (Å²) in [5.41, 5.74) is 3.74. The molecule has 8 heteroatoms. The molecular weight excluding hydrogens is 422 g/mol. The van der Waals surface area contributed by atoms with Crippen LogP contribution in [0.3, 0.4) is 0 Å². The average Bonchev–Trinajstić information content (AvgIpc) is 3.46. The van der Waals surface area contributed by atoms with E-state index >= 15 is 0 Å². The fourth-order valence-electron chi connectivity index (χ4n) is 4.43. The van der Waals surface area contributed by atoms with Crippen molar-refractivity contribution in [1.29, 1.82) is 0 Å². The zero-order chi connectivity index (χ0) is 22.2. The highest BCUT2D eigenvalue weighted by molar-refractivity contribution is 7.18. The molecule has 32 heavy (non-hydrogen) atoms. The predicted octanol–water partition coefficient (Wildman–Crippen LogP) is 4.00. The van der Waals surface area contributed by atoms with E-state index in [1.54, 1.807) is 11.3 Å². The van der Waals surface area contributed by atoms with E-state index in [1.807, 2.05) is 43.5 Å². The van der Waals surface area contributed by atoms with Crippen molar-refractivity contribution in [1.82, 2.24) is 24.5 Å². The highest BCUT2D eigenvalue weighted by atomic mass is 32.1. The summed E-state index contributed by atoms with van der Waals surface area (Å²) in [5.74, 6) is 1.63. The molecule has 3 aromatic heterocycles. The van der Waals surface area contributed by atoms with Crippen molar-refractivity contribution < 1.29 is 9.32 Å². The van der Waals surface area contributed by atoms with Gasteiger partial charge in [0.1, 0.15) is 10.8 Å². The van der Waals surface area contributed by atoms with Gasteiger partial charge >= 0.3 is 0 Å². The molecule has 1 aromatic carbocycles. The Bertz CT molecular complexity index is 1230. The van der Waals surface area contributed by atoms with Crippen LogP contribution in [0.2, 0.25) is 0 Å². The zero-order valence-electron chi connectivity index (χ0n) is 18.7. The van der Waals surface area contributed by atoms with Gasteiger partial charge in [0.05, 0.1) is 23.3 Å². The Hall–Kier alpha value is -2.81. The molecule has 0 radical (unpaired) electrons. The minimum absolute atomic E-state index is 0.157. The van der Waals surface area contributed by atoms with Crippen LogP contribution in [0, 0.1) is 20.8 Å². The maximum Gasteiger partial charge on any atom is 0.180 e. The van der Waals surface area contributed by atoms with E-state index in [0.29, 0.717) is 6.54 Å². The zero-order valence-corrected chi connectivity index (χ0v) is 19.5. The maximum atomic E-state index is 13.1. The summed E-state index contributed by atoms with van der Waals surface area (Å²) >= 11 is 1.77. The van der Waals surface area contributed by atoms with Crippen molar-refractivity contribution in [2.75, 3.05) is 32.7 Å². The molecule has 0 unspecified atom stereocenters. The number of para-hydroxylation sites is 1. The lowest BCUT2D eigenvalue weighted by molar-refractivity contribution is 0.0843. The third-order valence-electron chi connectivity index (χ3n) is 6.11. The first kappa shape index (κ1) is 21.1. The molecule has 0 spiro atoms. The second kappa shape index (κ2) is 8.61. The smallest absolute Gasteiger partial charge is 0.180 e. The number of hydrogen-bond acceptors (Lipinski definition) is 7. The molecule has 4 aromatic rings. The van der Waals surface area contributed by atoms with Gasteiger partial charge in [0.15, 0.2) is 11.6 Å². The fraction of sp³-hybridized carbons (Fsp3) is 0.375. The van der Waals surface area contributed by atoms with Crippen LogP contribution in [0.4, 0.5) is 0 Å². The summed E-state index contributed by atoms with van der Waals surface area (Å²) < 4.78 is 8.44. The van der Waals surface area contributed by atoms with E-state index in [-0.39, 0.29) is 5.78 Å². The van der Waals surface area contributed by atoms with Crippen molar-refractivity contribution in [3.8, 4) is 5.82 Å². The van der Waals surface area contributed by atoms with E-state index in [4.69, 9.17) is 9.51 Å². The van der Waals surface area contributed by atoms with E-state index < -0.39 is 0 Å². The normalized spacial score (nSPS) is 15.6. The van der Waals surface area contributed by atoms with E-state index in [1.165, 1.54) is 4.70 Å². The summed E-state index contributed by atoms with van der Waals surface area (Å²) in [4.78, 5) is 22.5. The van der Waals surface area contributed by atoms with Crippen LogP contribution in [0.1, 0.15) is 32.5 Å². The standard InChI is InChI=1S/C24H27N5O2S/c1-16-12-19(18(3)29(16)23-13-17(2)31-26-23)21(30)14-27-8-10-28(11-9-27)15-24-25-20-6-4-5-7-22(20)32-24/h4-7,12-13H,8-11,14-15H2,1-3H3. The molecule has 4 heterocycles. The predicted molar refractivity (Wildman–Crippen MR) is 126 cm³/mol. The number of aromatic nitrogens is 3. The Labute approximate surface area is 191 Å². The molecule has 1 aliphatic rings. The highest BCUT2D eigenvalue weighted by Gasteiger charge is 2.23.